The molecule has 0 aliphatic rings. The summed E-state index contributed by atoms with van der Waals surface area (Å²) in [6.45, 7) is 4.48. The highest BCUT2D eigenvalue weighted by molar-refractivity contribution is 5.78. The van der Waals surface area contributed by atoms with Crippen LogP contribution in [0.4, 0.5) is 0 Å². The minimum Gasteiger partial charge on any atom is -0.479 e. The number of carbonyl (C=O) groups is 1. The first-order chi connectivity index (χ1) is 5.31. The maximum atomic E-state index is 10.6. The lowest BCUT2D eigenvalue weighted by molar-refractivity contribution is -0.190. The number of rotatable bonds is 4. The van der Waals surface area contributed by atoms with Gasteiger partial charge in [0.1, 0.15) is 5.60 Å². The molecule has 0 rings (SSSR count). The Balaban J connectivity index is 4.87. The van der Waals surface area contributed by atoms with E-state index in [-0.39, 0.29) is 12.8 Å². The fourth-order valence-electron chi connectivity index (χ4n) is 1.05. The maximum absolute atomic E-state index is 10.6. The zero-order chi connectivity index (χ0) is 9.99. The highest BCUT2D eigenvalue weighted by Gasteiger charge is 2.49. The van der Waals surface area contributed by atoms with Gasteiger partial charge in [0.2, 0.25) is 0 Å². The molecule has 12 heavy (non-hydrogen) atoms. The van der Waals surface area contributed by atoms with Gasteiger partial charge in [-0.1, -0.05) is 13.8 Å². The summed E-state index contributed by atoms with van der Waals surface area (Å²) in [7, 11) is 0. The minimum absolute atomic E-state index is 0.0107. The van der Waals surface area contributed by atoms with Crippen molar-refractivity contribution in [3.8, 4) is 0 Å². The summed E-state index contributed by atoms with van der Waals surface area (Å²) >= 11 is 0. The number of hydrogen-bond donors (Lipinski definition) is 3. The third kappa shape index (κ3) is 1.59. The fraction of sp³-hybridized carbons (Fsp3) is 0.875. The van der Waals surface area contributed by atoms with Gasteiger partial charge in [-0.2, -0.15) is 0 Å². The molecule has 0 aromatic carbocycles. The molecule has 2 atom stereocenters. The van der Waals surface area contributed by atoms with Gasteiger partial charge in [-0.25, -0.2) is 4.79 Å². The third-order valence-electron chi connectivity index (χ3n) is 2.44. The molecule has 4 heteroatoms. The van der Waals surface area contributed by atoms with Crippen molar-refractivity contribution < 1.29 is 20.1 Å². The van der Waals surface area contributed by atoms with Gasteiger partial charge in [0, 0.05) is 0 Å². The van der Waals surface area contributed by atoms with Crippen molar-refractivity contribution in [2.75, 3.05) is 0 Å². The topological polar surface area (TPSA) is 77.8 Å². The second-order valence-electron chi connectivity index (χ2n) is 3.15. The van der Waals surface area contributed by atoms with Gasteiger partial charge in [0.05, 0.1) is 0 Å². The Bertz CT molecular complexity index is 176. The number of aliphatic carboxylic acids is 1. The van der Waals surface area contributed by atoms with Gasteiger partial charge in [0.25, 0.3) is 0 Å². The molecule has 0 spiro atoms. The molecule has 0 aromatic rings. The Morgan fingerprint density at radius 2 is 1.67 bits per heavy atom. The van der Waals surface area contributed by atoms with Crippen LogP contribution < -0.4 is 0 Å². The van der Waals surface area contributed by atoms with Crippen molar-refractivity contribution in [1.82, 2.24) is 0 Å². The van der Waals surface area contributed by atoms with Crippen molar-refractivity contribution in [3.05, 3.63) is 0 Å². The van der Waals surface area contributed by atoms with E-state index in [1.807, 2.05) is 0 Å². The highest BCUT2D eigenvalue weighted by Crippen LogP contribution is 2.28. The second kappa shape index (κ2) is 3.41. The monoisotopic (exact) mass is 176 g/mol. The molecular formula is C8H16O4. The lowest BCUT2D eigenvalue weighted by Gasteiger charge is -2.36. The molecule has 0 amide bonds. The maximum Gasteiger partial charge on any atom is 0.338 e. The Morgan fingerprint density at radius 3 is 1.75 bits per heavy atom. The molecule has 0 bridgehead atoms. The quantitative estimate of drug-likeness (QED) is 0.578. The summed E-state index contributed by atoms with van der Waals surface area (Å²) in [4.78, 5) is 10.6. The molecule has 0 fully saturated rings. The van der Waals surface area contributed by atoms with Gasteiger partial charge < -0.3 is 15.3 Å². The molecule has 0 aliphatic heterocycles. The number of carboxylic acid groups (broad SMARTS) is 1. The smallest absolute Gasteiger partial charge is 0.338 e. The number of aliphatic hydroxyl groups is 2. The SMILES string of the molecule is CCC(C)(O)C(O)(CC)C(=O)O. The van der Waals surface area contributed by atoms with Crippen molar-refractivity contribution >= 4 is 5.97 Å². The number of hydrogen-bond acceptors (Lipinski definition) is 3. The van der Waals surface area contributed by atoms with Gasteiger partial charge in [-0.05, 0) is 19.8 Å². The summed E-state index contributed by atoms with van der Waals surface area (Å²) in [6.07, 6.45) is 0.187. The van der Waals surface area contributed by atoms with Crippen molar-refractivity contribution in [3.63, 3.8) is 0 Å². The minimum atomic E-state index is -2.04. The molecule has 0 radical (unpaired) electrons. The first-order valence-electron chi connectivity index (χ1n) is 4.00. The largest absolute Gasteiger partial charge is 0.479 e. The van der Waals surface area contributed by atoms with Crippen LogP contribution in [0.5, 0.6) is 0 Å². The van der Waals surface area contributed by atoms with Gasteiger partial charge in [0.15, 0.2) is 5.60 Å². The van der Waals surface area contributed by atoms with E-state index < -0.39 is 17.2 Å². The molecule has 0 heterocycles. The van der Waals surface area contributed by atoms with Crippen LogP contribution in [-0.4, -0.2) is 32.5 Å². The van der Waals surface area contributed by atoms with Gasteiger partial charge >= 0.3 is 5.97 Å². The zero-order valence-electron chi connectivity index (χ0n) is 7.66. The normalized spacial score (nSPS) is 21.1. The summed E-state index contributed by atoms with van der Waals surface area (Å²) in [5.41, 5.74) is -3.62. The van der Waals surface area contributed by atoms with Crippen LogP contribution in [0, 0.1) is 0 Å². The molecule has 72 valence electrons. The second-order valence-corrected chi connectivity index (χ2v) is 3.15. The molecule has 2 unspecified atom stereocenters. The van der Waals surface area contributed by atoms with Crippen LogP contribution in [-0.2, 0) is 4.79 Å². The van der Waals surface area contributed by atoms with E-state index in [1.54, 1.807) is 6.92 Å². The average Bonchev–Trinajstić information content (AvgIpc) is 2.02. The van der Waals surface area contributed by atoms with Crippen LogP contribution in [0.3, 0.4) is 0 Å². The summed E-state index contributed by atoms with van der Waals surface area (Å²) < 4.78 is 0. The van der Waals surface area contributed by atoms with Crippen LogP contribution in [0.25, 0.3) is 0 Å². The third-order valence-corrected chi connectivity index (χ3v) is 2.44. The van der Waals surface area contributed by atoms with Gasteiger partial charge in [-0.3, -0.25) is 0 Å². The standard InChI is InChI=1S/C8H16O4/c1-4-7(3,11)8(12,5-2)6(9)10/h11-12H,4-5H2,1-3H3,(H,9,10). The van der Waals surface area contributed by atoms with Crippen LogP contribution in [0.2, 0.25) is 0 Å². The zero-order valence-corrected chi connectivity index (χ0v) is 7.66. The Labute approximate surface area is 71.8 Å². The fourth-order valence-corrected chi connectivity index (χ4v) is 1.05. The lowest BCUT2D eigenvalue weighted by atomic mass is 9.80. The lowest BCUT2D eigenvalue weighted by Crippen LogP contribution is -2.57. The summed E-state index contributed by atoms with van der Waals surface area (Å²) in [6, 6.07) is 0. The average molecular weight is 176 g/mol. The molecular weight excluding hydrogens is 160 g/mol. The van der Waals surface area contributed by atoms with Crippen LogP contribution in [0.1, 0.15) is 33.6 Å². The van der Waals surface area contributed by atoms with E-state index >= 15 is 0 Å². The number of carboxylic acids is 1. The summed E-state index contributed by atoms with van der Waals surface area (Å²) in [5, 5.41) is 27.8. The first-order valence-corrected chi connectivity index (χ1v) is 4.00. The first kappa shape index (κ1) is 11.4. The van der Waals surface area contributed by atoms with E-state index in [1.165, 1.54) is 13.8 Å². The predicted molar refractivity (Wildman–Crippen MR) is 43.8 cm³/mol. The van der Waals surface area contributed by atoms with E-state index in [0.29, 0.717) is 0 Å². The van der Waals surface area contributed by atoms with Crippen molar-refractivity contribution in [2.45, 2.75) is 44.8 Å². The van der Waals surface area contributed by atoms with Crippen molar-refractivity contribution in [1.29, 1.82) is 0 Å². The van der Waals surface area contributed by atoms with Crippen LogP contribution in [0.15, 0.2) is 0 Å². The Hall–Kier alpha value is -0.610. The molecule has 0 aliphatic carbocycles. The summed E-state index contributed by atoms with van der Waals surface area (Å²) in [5.74, 6) is -1.38. The Kier molecular flexibility index (Phi) is 3.24. The van der Waals surface area contributed by atoms with E-state index in [2.05, 4.69) is 0 Å². The predicted octanol–water partition coefficient (Wildman–Crippen LogP) is 0.373. The van der Waals surface area contributed by atoms with Crippen molar-refractivity contribution in [2.24, 2.45) is 0 Å². The van der Waals surface area contributed by atoms with E-state index in [0.717, 1.165) is 0 Å². The molecule has 0 saturated carbocycles. The van der Waals surface area contributed by atoms with Crippen LogP contribution >= 0.6 is 0 Å². The Morgan fingerprint density at radius 1 is 1.25 bits per heavy atom. The molecule has 0 saturated heterocycles. The molecule has 3 N–H and O–H groups in total. The molecule has 4 nitrogen and oxygen atoms in total. The highest BCUT2D eigenvalue weighted by atomic mass is 16.4. The van der Waals surface area contributed by atoms with E-state index in [9.17, 15) is 15.0 Å². The molecule has 0 aromatic heterocycles. The van der Waals surface area contributed by atoms with E-state index in [4.69, 9.17) is 5.11 Å². The van der Waals surface area contributed by atoms with Gasteiger partial charge in [-0.15, -0.1) is 0 Å².